The molecule has 90 valence electrons. The molecule has 1 aromatic heterocycles. The third-order valence-corrected chi connectivity index (χ3v) is 4.47. The van der Waals surface area contributed by atoms with Gasteiger partial charge in [0.2, 0.25) is 0 Å². The van der Waals surface area contributed by atoms with Crippen molar-refractivity contribution in [3.63, 3.8) is 0 Å². The van der Waals surface area contributed by atoms with E-state index in [1.807, 2.05) is 25.0 Å². The van der Waals surface area contributed by atoms with E-state index in [1.54, 1.807) is 4.68 Å². The molecule has 1 aromatic rings. The van der Waals surface area contributed by atoms with Crippen LogP contribution in [0.15, 0.2) is 6.20 Å². The summed E-state index contributed by atoms with van der Waals surface area (Å²) in [6.07, 6.45) is 6.72. The first-order valence-corrected chi connectivity index (χ1v) is 6.77. The molecule has 6 heteroatoms. The lowest BCUT2D eigenvalue weighted by Crippen LogP contribution is -2.45. The van der Waals surface area contributed by atoms with Gasteiger partial charge in [0.05, 0.1) is 5.69 Å². The molecule has 0 radical (unpaired) electrons. The summed E-state index contributed by atoms with van der Waals surface area (Å²) >= 11 is 2.02. The number of nitrogens with zero attached hydrogens (tertiary/aromatic N) is 3. The highest BCUT2D eigenvalue weighted by Crippen LogP contribution is 2.28. The highest BCUT2D eigenvalue weighted by molar-refractivity contribution is 8.00. The SMILES string of the molecule is Cn1cc(CC(NN)C2CCCCS2)nn1. The Balaban J connectivity index is 1.94. The Hall–Kier alpha value is -0.590. The second-order valence-corrected chi connectivity index (χ2v) is 5.61. The van der Waals surface area contributed by atoms with Gasteiger partial charge in [-0.1, -0.05) is 11.6 Å². The zero-order chi connectivity index (χ0) is 11.4. The van der Waals surface area contributed by atoms with Crippen LogP contribution in [-0.4, -0.2) is 32.0 Å². The van der Waals surface area contributed by atoms with Crippen molar-refractivity contribution >= 4 is 11.8 Å². The summed E-state index contributed by atoms with van der Waals surface area (Å²) in [6, 6.07) is 0.307. The van der Waals surface area contributed by atoms with Gasteiger partial charge < -0.3 is 0 Å². The monoisotopic (exact) mass is 241 g/mol. The Morgan fingerprint density at radius 1 is 1.69 bits per heavy atom. The maximum atomic E-state index is 5.64. The van der Waals surface area contributed by atoms with Crippen molar-refractivity contribution in [1.29, 1.82) is 0 Å². The van der Waals surface area contributed by atoms with Crippen molar-refractivity contribution in [1.82, 2.24) is 20.4 Å². The lowest BCUT2D eigenvalue weighted by atomic mass is 10.0. The standard InChI is InChI=1S/C10H19N5S/c1-15-7-8(13-14-15)6-9(12-11)10-4-2-3-5-16-10/h7,9-10,12H,2-6,11H2,1H3. The molecule has 5 nitrogen and oxygen atoms in total. The number of aryl methyl sites for hydroxylation is 1. The number of aromatic nitrogens is 3. The molecule has 2 atom stereocenters. The van der Waals surface area contributed by atoms with Gasteiger partial charge in [0.1, 0.15) is 0 Å². The normalized spacial score (nSPS) is 23.2. The zero-order valence-corrected chi connectivity index (χ0v) is 10.4. The van der Waals surface area contributed by atoms with E-state index in [1.165, 1.54) is 25.0 Å². The second kappa shape index (κ2) is 5.65. The van der Waals surface area contributed by atoms with Crippen molar-refractivity contribution in [2.24, 2.45) is 12.9 Å². The van der Waals surface area contributed by atoms with Crippen molar-refractivity contribution in [3.05, 3.63) is 11.9 Å². The maximum Gasteiger partial charge on any atom is 0.0843 e. The first-order valence-electron chi connectivity index (χ1n) is 5.72. The van der Waals surface area contributed by atoms with E-state index in [2.05, 4.69) is 15.7 Å². The van der Waals surface area contributed by atoms with E-state index >= 15 is 0 Å². The minimum Gasteiger partial charge on any atom is -0.271 e. The number of nitrogens with two attached hydrogens (primary N) is 1. The number of hydrogen-bond acceptors (Lipinski definition) is 5. The molecule has 0 spiro atoms. The van der Waals surface area contributed by atoms with Crippen molar-refractivity contribution in [3.8, 4) is 0 Å². The van der Waals surface area contributed by atoms with Crippen LogP contribution in [0.4, 0.5) is 0 Å². The van der Waals surface area contributed by atoms with Gasteiger partial charge in [-0.15, -0.1) is 5.10 Å². The average Bonchev–Trinajstić information content (AvgIpc) is 2.73. The van der Waals surface area contributed by atoms with Crippen molar-refractivity contribution in [2.45, 2.75) is 37.0 Å². The Morgan fingerprint density at radius 2 is 2.56 bits per heavy atom. The predicted octanol–water partition coefficient (Wildman–Crippen LogP) is 0.475. The third kappa shape index (κ3) is 2.96. The topological polar surface area (TPSA) is 68.8 Å². The number of hydrogen-bond donors (Lipinski definition) is 2. The lowest BCUT2D eigenvalue weighted by Gasteiger charge is -2.28. The summed E-state index contributed by atoms with van der Waals surface area (Å²) in [5.74, 6) is 6.89. The number of nitrogens with one attached hydrogen (secondary N) is 1. The minimum absolute atomic E-state index is 0.307. The molecule has 0 aliphatic carbocycles. The van der Waals surface area contributed by atoms with Crippen LogP contribution in [0.5, 0.6) is 0 Å². The van der Waals surface area contributed by atoms with Crippen LogP contribution < -0.4 is 11.3 Å². The Kier molecular flexibility index (Phi) is 4.20. The quantitative estimate of drug-likeness (QED) is 0.592. The number of rotatable bonds is 4. The largest absolute Gasteiger partial charge is 0.271 e. The molecule has 2 unspecified atom stereocenters. The fraction of sp³-hybridized carbons (Fsp3) is 0.800. The molecule has 0 bridgehead atoms. The fourth-order valence-corrected chi connectivity index (χ4v) is 3.51. The first-order chi connectivity index (χ1) is 7.79. The number of thioether (sulfide) groups is 1. The molecular weight excluding hydrogens is 222 g/mol. The van der Waals surface area contributed by atoms with E-state index in [9.17, 15) is 0 Å². The van der Waals surface area contributed by atoms with E-state index in [4.69, 9.17) is 5.84 Å². The van der Waals surface area contributed by atoms with Gasteiger partial charge >= 0.3 is 0 Å². The molecule has 1 aliphatic rings. The zero-order valence-electron chi connectivity index (χ0n) is 9.59. The van der Waals surface area contributed by atoms with Gasteiger partial charge in [-0.05, 0) is 18.6 Å². The van der Waals surface area contributed by atoms with Crippen molar-refractivity contribution < 1.29 is 0 Å². The summed E-state index contributed by atoms with van der Waals surface area (Å²) in [6.45, 7) is 0. The Labute approximate surface area is 100 Å². The molecule has 16 heavy (non-hydrogen) atoms. The second-order valence-electron chi connectivity index (χ2n) is 4.27. The molecule has 0 saturated carbocycles. The van der Waals surface area contributed by atoms with Gasteiger partial charge in [-0.25, -0.2) is 0 Å². The average molecular weight is 241 g/mol. The van der Waals surface area contributed by atoms with Gasteiger partial charge in [0.15, 0.2) is 0 Å². The lowest BCUT2D eigenvalue weighted by molar-refractivity contribution is 0.468. The van der Waals surface area contributed by atoms with Crippen LogP contribution in [0, 0.1) is 0 Å². The van der Waals surface area contributed by atoms with E-state index < -0.39 is 0 Å². The van der Waals surface area contributed by atoms with Gasteiger partial charge in [0.25, 0.3) is 0 Å². The van der Waals surface area contributed by atoms with Crippen LogP contribution >= 0.6 is 11.8 Å². The molecule has 3 N–H and O–H groups in total. The molecule has 2 heterocycles. The van der Waals surface area contributed by atoms with E-state index in [0.717, 1.165) is 12.1 Å². The van der Waals surface area contributed by atoms with Crippen LogP contribution in [0.3, 0.4) is 0 Å². The van der Waals surface area contributed by atoms with Crippen LogP contribution in [0.2, 0.25) is 0 Å². The molecule has 0 aromatic carbocycles. The van der Waals surface area contributed by atoms with Gasteiger partial charge in [-0.3, -0.25) is 16.0 Å². The first kappa shape index (κ1) is 11.9. The maximum absolute atomic E-state index is 5.64. The predicted molar refractivity (Wildman–Crippen MR) is 65.9 cm³/mol. The van der Waals surface area contributed by atoms with Crippen molar-refractivity contribution in [2.75, 3.05) is 5.75 Å². The molecule has 2 rings (SSSR count). The molecular formula is C10H19N5S. The van der Waals surface area contributed by atoms with E-state index in [-0.39, 0.29) is 0 Å². The fourth-order valence-electron chi connectivity index (χ4n) is 2.09. The number of hydrazine groups is 1. The highest BCUT2D eigenvalue weighted by Gasteiger charge is 2.24. The van der Waals surface area contributed by atoms with Gasteiger partial charge in [0, 0.05) is 31.0 Å². The molecule has 1 saturated heterocycles. The minimum atomic E-state index is 0.307. The highest BCUT2D eigenvalue weighted by atomic mass is 32.2. The Morgan fingerprint density at radius 3 is 3.12 bits per heavy atom. The van der Waals surface area contributed by atoms with E-state index in [0.29, 0.717) is 11.3 Å². The Bertz CT molecular complexity index is 321. The smallest absolute Gasteiger partial charge is 0.0843 e. The van der Waals surface area contributed by atoms with Crippen LogP contribution in [-0.2, 0) is 13.5 Å². The molecule has 1 fully saturated rings. The molecule has 1 aliphatic heterocycles. The van der Waals surface area contributed by atoms with Crippen LogP contribution in [0.1, 0.15) is 25.0 Å². The third-order valence-electron chi connectivity index (χ3n) is 2.96. The summed E-state index contributed by atoms with van der Waals surface area (Å²) in [5, 5.41) is 8.66. The van der Waals surface area contributed by atoms with Crippen LogP contribution in [0.25, 0.3) is 0 Å². The van der Waals surface area contributed by atoms with Gasteiger partial charge in [-0.2, -0.15) is 11.8 Å². The summed E-state index contributed by atoms with van der Waals surface area (Å²) < 4.78 is 1.73. The summed E-state index contributed by atoms with van der Waals surface area (Å²) in [7, 11) is 1.89. The summed E-state index contributed by atoms with van der Waals surface area (Å²) in [5.41, 5.74) is 3.94. The summed E-state index contributed by atoms with van der Waals surface area (Å²) in [4.78, 5) is 0. The molecule has 0 amide bonds.